The summed E-state index contributed by atoms with van der Waals surface area (Å²) in [4.78, 5) is 37.2. The lowest BCUT2D eigenvalue weighted by Crippen LogP contribution is -2.38. The maximum absolute atomic E-state index is 15.4. The highest BCUT2D eigenvalue weighted by atomic mass is 35.5. The zero-order valence-electron chi connectivity index (χ0n) is 29.2. The average Bonchev–Trinajstić information content (AvgIpc) is 3.66. The van der Waals surface area contributed by atoms with Gasteiger partial charge in [0.05, 0.1) is 39.3 Å². The number of hydrogen-bond donors (Lipinski definition) is 2. The van der Waals surface area contributed by atoms with Crippen molar-refractivity contribution >= 4 is 55.3 Å². The predicted molar refractivity (Wildman–Crippen MR) is 190 cm³/mol. The number of halogens is 7. The van der Waals surface area contributed by atoms with Gasteiger partial charge in [-0.1, -0.05) is 11.6 Å². The third-order valence-corrected chi connectivity index (χ3v) is 10.7. The topological polar surface area (TPSA) is 182 Å². The molecule has 1 fully saturated rings. The number of fused-ring (bicyclic) bond motifs is 5. The van der Waals surface area contributed by atoms with Crippen molar-refractivity contribution in [2.45, 2.75) is 43.7 Å². The van der Waals surface area contributed by atoms with E-state index >= 15 is 8.78 Å². The Morgan fingerprint density at radius 3 is 2.49 bits per heavy atom. The number of carbonyl (C=O) groups is 1. The normalized spacial score (nSPS) is 17.4. The number of benzene rings is 2. The second kappa shape index (κ2) is 13.3. The monoisotopic (exact) mass is 830 g/mol. The van der Waals surface area contributed by atoms with Crippen LogP contribution in [0.2, 0.25) is 5.02 Å². The molecule has 0 aliphatic heterocycles. The molecule has 57 heavy (non-hydrogen) atoms. The number of aromatic nitrogens is 7. The summed E-state index contributed by atoms with van der Waals surface area (Å²) in [6.45, 7) is -1.01. The zero-order chi connectivity index (χ0) is 40.9. The number of aryl methyl sites for hydroxylation is 1. The van der Waals surface area contributed by atoms with Crippen LogP contribution in [0.5, 0.6) is 0 Å². The van der Waals surface area contributed by atoms with Crippen molar-refractivity contribution in [3.05, 3.63) is 104 Å². The van der Waals surface area contributed by atoms with Crippen LogP contribution in [0, 0.1) is 28.9 Å². The summed E-state index contributed by atoms with van der Waals surface area (Å²) in [6.07, 6.45) is -2.87. The fourth-order valence-electron chi connectivity index (χ4n) is 7.52. The third-order valence-electron chi connectivity index (χ3n) is 9.78. The molecule has 6 aromatic rings. The first-order valence-electron chi connectivity index (χ1n) is 16.8. The lowest BCUT2D eigenvalue weighted by molar-refractivity contribution is -0.123. The Balaban J connectivity index is 1.33. The molecule has 0 unspecified atom stereocenters. The van der Waals surface area contributed by atoms with Crippen LogP contribution in [0.3, 0.4) is 0 Å². The van der Waals surface area contributed by atoms with Crippen molar-refractivity contribution in [3.8, 4) is 11.8 Å². The predicted octanol–water partition coefficient (Wildman–Crippen LogP) is 5.29. The molecule has 4 aromatic heterocycles. The molecule has 2 aromatic carbocycles. The number of amides is 1. The summed E-state index contributed by atoms with van der Waals surface area (Å²) in [5, 5.41) is 19.9. The van der Waals surface area contributed by atoms with Crippen LogP contribution in [0.25, 0.3) is 27.6 Å². The largest absolute Gasteiger partial charge is 0.344 e. The fourth-order valence-corrected chi connectivity index (χ4v) is 8.26. The van der Waals surface area contributed by atoms with Gasteiger partial charge in [-0.2, -0.15) is 24.2 Å². The highest BCUT2D eigenvalue weighted by Crippen LogP contribution is 2.68. The van der Waals surface area contributed by atoms with Crippen molar-refractivity contribution in [3.63, 3.8) is 0 Å². The summed E-state index contributed by atoms with van der Waals surface area (Å²) < 4.78 is 117. The number of pyridine rings is 1. The molecule has 2 N–H and O–H groups in total. The molecule has 4 heterocycles. The first kappa shape index (κ1) is 37.9. The van der Waals surface area contributed by atoms with Crippen molar-refractivity contribution in [1.29, 1.82) is 5.26 Å². The summed E-state index contributed by atoms with van der Waals surface area (Å²) in [5.74, 6) is -9.32. The van der Waals surface area contributed by atoms with Crippen LogP contribution in [0.4, 0.5) is 32.2 Å². The standard InChI is InChI=1S/C35H25ClF6N10O4S/c1-50-28-23(6-5-21(36)26(28)32(48-50)49-57(2,55)56)52-33(46-31-18(34(52)54)4-3-17(12-43)44-31)22(9-14-7-15(37)10-16(38)8-14)45-24(53)13-51-29-25(27(47-51)30(39)40)19-11-20(19)35(29,41)42/h3-8,10,19-20,22,30H,9,11,13H2,1-2H3,(H,45,53)(H,48,49)/t19-,20+,22-/m0/s1. The smallest absolute Gasteiger partial charge is 0.293 e. The maximum atomic E-state index is 15.4. The number of carbonyl (C=O) groups excluding carboxylic acids is 1. The zero-order valence-corrected chi connectivity index (χ0v) is 30.8. The second-order valence-corrected chi connectivity index (χ2v) is 15.9. The molecule has 0 radical (unpaired) electrons. The minimum absolute atomic E-state index is 0.00104. The highest BCUT2D eigenvalue weighted by molar-refractivity contribution is 7.92. The van der Waals surface area contributed by atoms with Gasteiger partial charge < -0.3 is 5.32 Å². The Morgan fingerprint density at radius 2 is 1.82 bits per heavy atom. The molecular weight excluding hydrogens is 806 g/mol. The van der Waals surface area contributed by atoms with Gasteiger partial charge >= 0.3 is 0 Å². The number of nitrogens with one attached hydrogen (secondary N) is 2. The van der Waals surface area contributed by atoms with E-state index in [1.54, 1.807) is 0 Å². The Labute approximate surface area is 321 Å². The number of hydrogen-bond acceptors (Lipinski definition) is 9. The Morgan fingerprint density at radius 1 is 1.11 bits per heavy atom. The molecule has 0 saturated heterocycles. The van der Waals surface area contributed by atoms with Gasteiger partial charge in [-0.05, 0) is 54.3 Å². The van der Waals surface area contributed by atoms with E-state index in [2.05, 4.69) is 30.2 Å². The summed E-state index contributed by atoms with van der Waals surface area (Å²) >= 11 is 6.54. The highest BCUT2D eigenvalue weighted by Gasteiger charge is 2.67. The third kappa shape index (κ3) is 6.51. The van der Waals surface area contributed by atoms with Crippen molar-refractivity contribution in [2.75, 3.05) is 11.0 Å². The lowest BCUT2D eigenvalue weighted by atomic mass is 10.0. The first-order valence-corrected chi connectivity index (χ1v) is 19.1. The maximum Gasteiger partial charge on any atom is 0.293 e. The molecule has 2 aliphatic carbocycles. The van der Waals surface area contributed by atoms with E-state index in [1.165, 1.54) is 36.0 Å². The molecule has 14 nitrogen and oxygen atoms in total. The number of rotatable bonds is 10. The summed E-state index contributed by atoms with van der Waals surface area (Å²) in [6, 6.07) is 7.91. The first-order chi connectivity index (χ1) is 26.9. The molecule has 2 aliphatic rings. The second-order valence-electron chi connectivity index (χ2n) is 13.7. The quantitative estimate of drug-likeness (QED) is 0.174. The Hall–Kier alpha value is -6.01. The average molecular weight is 831 g/mol. The van der Waals surface area contributed by atoms with Crippen LogP contribution in [-0.2, 0) is 40.8 Å². The van der Waals surface area contributed by atoms with Gasteiger partial charge in [0.25, 0.3) is 17.9 Å². The lowest BCUT2D eigenvalue weighted by Gasteiger charge is -2.24. The minimum atomic E-state index is -3.92. The van der Waals surface area contributed by atoms with Crippen LogP contribution in [0.1, 0.15) is 58.8 Å². The van der Waals surface area contributed by atoms with Crippen molar-refractivity contribution < 1.29 is 39.6 Å². The van der Waals surface area contributed by atoms with Gasteiger partial charge in [-0.25, -0.2) is 35.9 Å². The number of alkyl halides is 4. The van der Waals surface area contributed by atoms with Crippen LogP contribution >= 0.6 is 11.6 Å². The number of sulfonamides is 1. The van der Waals surface area contributed by atoms with Gasteiger partial charge in [0.15, 0.2) is 11.5 Å². The number of anilines is 1. The fraction of sp³-hybridized carbons (Fsp3) is 0.286. The van der Waals surface area contributed by atoms with Gasteiger partial charge in [0, 0.05) is 31.0 Å². The molecule has 22 heteroatoms. The van der Waals surface area contributed by atoms with Crippen LogP contribution < -0.4 is 15.6 Å². The molecular formula is C35H25ClF6N10O4S. The Kier molecular flexibility index (Phi) is 8.84. The van der Waals surface area contributed by atoms with Gasteiger partial charge in [-0.3, -0.25) is 28.2 Å². The molecule has 0 spiro atoms. The van der Waals surface area contributed by atoms with Gasteiger partial charge in [-0.15, -0.1) is 0 Å². The summed E-state index contributed by atoms with van der Waals surface area (Å²) in [7, 11) is -2.50. The van der Waals surface area contributed by atoms with Crippen molar-refractivity contribution in [2.24, 2.45) is 13.0 Å². The van der Waals surface area contributed by atoms with Crippen molar-refractivity contribution in [1.82, 2.24) is 39.4 Å². The van der Waals surface area contributed by atoms with E-state index in [4.69, 9.17) is 11.6 Å². The van der Waals surface area contributed by atoms with Gasteiger partial charge in [0.2, 0.25) is 15.9 Å². The molecule has 0 bridgehead atoms. The van der Waals surface area contributed by atoms with Crippen LogP contribution in [0.15, 0.2) is 47.3 Å². The van der Waals surface area contributed by atoms with E-state index < -0.39 is 87.7 Å². The SMILES string of the molecule is Cn1nc(NS(C)(=O)=O)c2c(Cl)ccc(-n3c([C@H](Cc4cc(F)cc(F)c4)NC(=O)Cn4nc(C(F)F)c5c4C(F)(F)[C@@H]4C[C@H]54)nc4nc(C#N)ccc4c3=O)c21. The van der Waals surface area contributed by atoms with Gasteiger partial charge in [0.1, 0.15) is 47.2 Å². The van der Waals surface area contributed by atoms with E-state index in [-0.39, 0.29) is 67.5 Å². The van der Waals surface area contributed by atoms with Crippen LogP contribution in [-0.4, -0.2) is 54.7 Å². The Bertz CT molecular complexity index is 2910. The molecule has 3 atom stereocenters. The van der Waals surface area contributed by atoms with E-state index in [0.717, 1.165) is 23.0 Å². The molecule has 294 valence electrons. The summed E-state index contributed by atoms with van der Waals surface area (Å²) in [5.41, 5.74) is -3.36. The minimum Gasteiger partial charge on any atom is -0.344 e. The molecule has 1 amide bonds. The van der Waals surface area contributed by atoms with E-state index in [1.807, 2.05) is 6.07 Å². The number of nitriles is 1. The molecule has 1 saturated carbocycles. The molecule has 8 rings (SSSR count). The number of nitrogens with zero attached hydrogens (tertiary/aromatic N) is 8. The van der Waals surface area contributed by atoms with E-state index in [0.29, 0.717) is 10.7 Å². The van der Waals surface area contributed by atoms with E-state index in [9.17, 15) is 40.8 Å².